The van der Waals surface area contributed by atoms with Gasteiger partial charge in [0, 0.05) is 18.5 Å². The topological polar surface area (TPSA) is 40.5 Å². The van der Waals surface area contributed by atoms with Crippen LogP contribution in [0.15, 0.2) is 30.3 Å². The summed E-state index contributed by atoms with van der Waals surface area (Å²) in [6.07, 6.45) is 5.43. The molecule has 1 saturated heterocycles. The molecule has 2 aliphatic rings. The lowest BCUT2D eigenvalue weighted by Crippen LogP contribution is -2.43. The fraction of sp³-hybridized carbons (Fsp3) is 0.357. The molecule has 0 bridgehead atoms. The molecule has 0 aromatic heterocycles. The van der Waals surface area contributed by atoms with Crippen molar-refractivity contribution in [1.82, 2.24) is 4.90 Å². The Morgan fingerprint density at radius 1 is 1.24 bits per heavy atom. The molecule has 0 saturated carbocycles. The summed E-state index contributed by atoms with van der Waals surface area (Å²) in [4.78, 5) is 12.4. The number of likely N-dealkylation sites (tertiary alicyclic amines) is 1. The molecule has 0 unspecified atom stereocenters. The van der Waals surface area contributed by atoms with E-state index in [-0.39, 0.29) is 5.41 Å². The molecule has 1 heterocycles. The van der Waals surface area contributed by atoms with E-state index in [0.717, 1.165) is 12.8 Å². The molecular weight excluding hydrogens is 214 g/mol. The van der Waals surface area contributed by atoms with E-state index in [4.69, 9.17) is 5.11 Å². The summed E-state index contributed by atoms with van der Waals surface area (Å²) in [7, 11) is 0. The van der Waals surface area contributed by atoms with E-state index in [0.29, 0.717) is 13.1 Å². The number of benzene rings is 1. The monoisotopic (exact) mass is 229 g/mol. The van der Waals surface area contributed by atoms with Crippen LogP contribution in [0.4, 0.5) is 4.79 Å². The number of carbonyl (C=O) groups is 1. The van der Waals surface area contributed by atoms with Gasteiger partial charge in [-0.1, -0.05) is 36.4 Å². The van der Waals surface area contributed by atoms with E-state index in [2.05, 4.69) is 36.4 Å². The first-order chi connectivity index (χ1) is 8.21. The number of hydrogen-bond acceptors (Lipinski definition) is 1. The zero-order valence-electron chi connectivity index (χ0n) is 9.60. The fourth-order valence-corrected chi connectivity index (χ4v) is 2.97. The van der Waals surface area contributed by atoms with Gasteiger partial charge in [-0.15, -0.1) is 0 Å². The first-order valence-electron chi connectivity index (χ1n) is 5.98. The van der Waals surface area contributed by atoms with Gasteiger partial charge in [0.2, 0.25) is 0 Å². The summed E-state index contributed by atoms with van der Waals surface area (Å²) in [6, 6.07) is 8.42. The maximum absolute atomic E-state index is 10.9. The van der Waals surface area contributed by atoms with Gasteiger partial charge in [-0.05, 0) is 24.0 Å². The van der Waals surface area contributed by atoms with Crippen LogP contribution in [0, 0.1) is 0 Å². The largest absolute Gasteiger partial charge is 0.465 e. The van der Waals surface area contributed by atoms with Gasteiger partial charge in [0.05, 0.1) is 0 Å². The van der Waals surface area contributed by atoms with Crippen molar-refractivity contribution in [2.45, 2.75) is 18.3 Å². The SMILES string of the molecule is O=C(O)N1CCC2(C=Cc3ccccc32)CC1. The number of piperidine rings is 1. The van der Waals surface area contributed by atoms with E-state index in [1.54, 1.807) is 0 Å². The predicted octanol–water partition coefficient (Wildman–Crippen LogP) is 2.73. The summed E-state index contributed by atoms with van der Waals surface area (Å²) in [5.74, 6) is 0. The van der Waals surface area contributed by atoms with Crippen LogP contribution in [-0.2, 0) is 5.41 Å². The van der Waals surface area contributed by atoms with E-state index in [1.807, 2.05) is 0 Å². The molecule has 1 aliphatic carbocycles. The normalized spacial score (nSPS) is 20.6. The highest BCUT2D eigenvalue weighted by Crippen LogP contribution is 2.43. The third kappa shape index (κ3) is 1.54. The zero-order chi connectivity index (χ0) is 11.9. The highest BCUT2D eigenvalue weighted by Gasteiger charge is 2.38. The standard InChI is InChI=1S/C14H15NO2/c16-13(17)15-9-7-14(8-10-15)6-5-11-3-1-2-4-12(11)14/h1-6H,7-10H2,(H,16,17). The summed E-state index contributed by atoms with van der Waals surface area (Å²) in [6.45, 7) is 1.27. The Morgan fingerprint density at radius 2 is 1.94 bits per heavy atom. The third-order valence-corrected chi connectivity index (χ3v) is 4.01. The van der Waals surface area contributed by atoms with E-state index >= 15 is 0 Å². The summed E-state index contributed by atoms with van der Waals surface area (Å²) in [5, 5.41) is 8.97. The average molecular weight is 229 g/mol. The number of nitrogens with zero attached hydrogens (tertiary/aromatic N) is 1. The van der Waals surface area contributed by atoms with Gasteiger partial charge in [0.25, 0.3) is 0 Å². The second-order valence-corrected chi connectivity index (χ2v) is 4.85. The lowest BCUT2D eigenvalue weighted by atomic mass is 9.75. The van der Waals surface area contributed by atoms with E-state index < -0.39 is 6.09 Å². The fourth-order valence-electron chi connectivity index (χ4n) is 2.97. The van der Waals surface area contributed by atoms with Crippen molar-refractivity contribution < 1.29 is 9.90 Å². The maximum Gasteiger partial charge on any atom is 0.407 e. The smallest absolute Gasteiger partial charge is 0.407 e. The van der Waals surface area contributed by atoms with Crippen LogP contribution in [0.1, 0.15) is 24.0 Å². The lowest BCUT2D eigenvalue weighted by molar-refractivity contribution is 0.124. The summed E-state index contributed by atoms with van der Waals surface area (Å²) in [5.41, 5.74) is 2.74. The van der Waals surface area contributed by atoms with Gasteiger partial charge in [0.15, 0.2) is 0 Å². The Hall–Kier alpha value is -1.77. The van der Waals surface area contributed by atoms with Gasteiger partial charge < -0.3 is 10.0 Å². The average Bonchev–Trinajstić information content (AvgIpc) is 2.70. The van der Waals surface area contributed by atoms with Crippen LogP contribution in [0.5, 0.6) is 0 Å². The zero-order valence-corrected chi connectivity index (χ0v) is 9.60. The Morgan fingerprint density at radius 3 is 2.65 bits per heavy atom. The number of fused-ring (bicyclic) bond motifs is 2. The van der Waals surface area contributed by atoms with Gasteiger partial charge in [-0.25, -0.2) is 4.79 Å². The molecule has 1 spiro atoms. The second-order valence-electron chi connectivity index (χ2n) is 4.85. The summed E-state index contributed by atoms with van der Waals surface area (Å²) >= 11 is 0. The quantitative estimate of drug-likeness (QED) is 0.743. The van der Waals surface area contributed by atoms with E-state index in [9.17, 15) is 4.79 Å². The Kier molecular flexibility index (Phi) is 2.21. The molecule has 17 heavy (non-hydrogen) atoms. The second kappa shape index (κ2) is 3.62. The van der Waals surface area contributed by atoms with Crippen molar-refractivity contribution >= 4 is 12.2 Å². The minimum Gasteiger partial charge on any atom is -0.465 e. The number of allylic oxidation sites excluding steroid dienone is 1. The molecule has 0 radical (unpaired) electrons. The van der Waals surface area contributed by atoms with Crippen molar-refractivity contribution in [3.8, 4) is 0 Å². The van der Waals surface area contributed by atoms with Crippen molar-refractivity contribution in [2.24, 2.45) is 0 Å². The van der Waals surface area contributed by atoms with Gasteiger partial charge in [-0.3, -0.25) is 0 Å². The third-order valence-electron chi connectivity index (χ3n) is 4.01. The van der Waals surface area contributed by atoms with Crippen molar-refractivity contribution in [3.63, 3.8) is 0 Å². The first-order valence-corrected chi connectivity index (χ1v) is 5.98. The molecule has 1 aromatic carbocycles. The van der Waals surface area contributed by atoms with Gasteiger partial charge in [-0.2, -0.15) is 0 Å². The minimum atomic E-state index is -0.796. The number of amides is 1. The first kappa shape index (κ1) is 10.4. The molecular formula is C14H15NO2. The van der Waals surface area contributed by atoms with E-state index in [1.165, 1.54) is 16.0 Å². The number of rotatable bonds is 0. The number of hydrogen-bond donors (Lipinski definition) is 1. The van der Waals surface area contributed by atoms with Crippen molar-refractivity contribution in [3.05, 3.63) is 41.5 Å². The lowest BCUT2D eigenvalue weighted by Gasteiger charge is -2.38. The Bertz CT molecular complexity index is 485. The van der Waals surface area contributed by atoms with Gasteiger partial charge in [0.1, 0.15) is 0 Å². The molecule has 1 aromatic rings. The van der Waals surface area contributed by atoms with Crippen LogP contribution < -0.4 is 0 Å². The molecule has 3 rings (SSSR count). The highest BCUT2D eigenvalue weighted by atomic mass is 16.4. The van der Waals surface area contributed by atoms with Crippen LogP contribution >= 0.6 is 0 Å². The molecule has 1 aliphatic heterocycles. The summed E-state index contributed by atoms with van der Waals surface area (Å²) < 4.78 is 0. The van der Waals surface area contributed by atoms with Crippen molar-refractivity contribution in [2.75, 3.05) is 13.1 Å². The molecule has 1 N–H and O–H groups in total. The minimum absolute atomic E-state index is 0.0859. The van der Waals surface area contributed by atoms with Crippen LogP contribution in [0.2, 0.25) is 0 Å². The molecule has 88 valence electrons. The highest BCUT2D eigenvalue weighted by molar-refractivity contribution is 5.67. The molecule has 0 atom stereocenters. The van der Waals surface area contributed by atoms with Crippen LogP contribution in [-0.4, -0.2) is 29.2 Å². The van der Waals surface area contributed by atoms with Crippen molar-refractivity contribution in [1.29, 1.82) is 0 Å². The molecule has 3 nitrogen and oxygen atoms in total. The van der Waals surface area contributed by atoms with Gasteiger partial charge >= 0.3 is 6.09 Å². The predicted molar refractivity (Wildman–Crippen MR) is 66.0 cm³/mol. The Labute approximate surface area is 100 Å². The molecule has 1 amide bonds. The van der Waals surface area contributed by atoms with Crippen LogP contribution in [0.25, 0.3) is 6.08 Å². The Balaban J connectivity index is 1.87. The molecule has 3 heteroatoms. The maximum atomic E-state index is 10.9. The number of carboxylic acid groups (broad SMARTS) is 1. The van der Waals surface area contributed by atoms with Crippen LogP contribution in [0.3, 0.4) is 0 Å². The molecule has 1 fully saturated rings.